The van der Waals surface area contributed by atoms with Crippen molar-refractivity contribution in [1.82, 2.24) is 20.2 Å². The fourth-order valence-corrected chi connectivity index (χ4v) is 2.60. The van der Waals surface area contributed by atoms with Crippen molar-refractivity contribution >= 4 is 17.6 Å². The Balaban J connectivity index is 1.58. The normalized spacial score (nSPS) is 14.8. The second kappa shape index (κ2) is 7.71. The molecule has 0 bridgehead atoms. The summed E-state index contributed by atoms with van der Waals surface area (Å²) >= 11 is 0. The number of nitrogens with one attached hydrogen (secondary N) is 1. The molecule has 7 heteroatoms. The Hall–Kier alpha value is -2.44. The van der Waals surface area contributed by atoms with Crippen LogP contribution in [0.5, 0.6) is 0 Å². The van der Waals surface area contributed by atoms with Gasteiger partial charge < -0.3 is 15.1 Å². The number of rotatable bonds is 6. The summed E-state index contributed by atoms with van der Waals surface area (Å²) in [4.78, 5) is 13.5. The van der Waals surface area contributed by atoms with Crippen molar-refractivity contribution in [3.05, 3.63) is 30.6 Å². The van der Waals surface area contributed by atoms with Gasteiger partial charge in [-0.3, -0.25) is 0 Å². The first-order valence-corrected chi connectivity index (χ1v) is 8.21. The van der Waals surface area contributed by atoms with E-state index in [9.17, 15) is 0 Å². The molecule has 0 spiro atoms. The molecular weight excluding hydrogens is 290 g/mol. The summed E-state index contributed by atoms with van der Waals surface area (Å²) in [7, 11) is 0. The molecule has 23 heavy (non-hydrogen) atoms. The van der Waals surface area contributed by atoms with Gasteiger partial charge in [0, 0.05) is 38.9 Å². The molecule has 0 atom stereocenters. The van der Waals surface area contributed by atoms with Crippen LogP contribution in [0.15, 0.2) is 30.6 Å². The van der Waals surface area contributed by atoms with Crippen LogP contribution in [0.2, 0.25) is 0 Å². The summed E-state index contributed by atoms with van der Waals surface area (Å²) < 4.78 is 0. The Morgan fingerprint density at radius 2 is 1.87 bits per heavy atom. The Morgan fingerprint density at radius 3 is 2.57 bits per heavy atom. The Labute approximate surface area is 136 Å². The van der Waals surface area contributed by atoms with E-state index in [1.54, 1.807) is 6.20 Å². The first-order valence-electron chi connectivity index (χ1n) is 8.21. The monoisotopic (exact) mass is 313 g/mol. The third kappa shape index (κ3) is 4.06. The SMILES string of the molecule is CCCCNc1nncc(N2CCN(c3ccccn3)CC2)n1. The molecule has 0 saturated carbocycles. The highest BCUT2D eigenvalue weighted by Crippen LogP contribution is 2.17. The molecule has 1 N–H and O–H groups in total. The quantitative estimate of drug-likeness (QED) is 0.815. The number of hydrogen-bond donors (Lipinski definition) is 1. The van der Waals surface area contributed by atoms with Crippen LogP contribution in [0.1, 0.15) is 19.8 Å². The highest BCUT2D eigenvalue weighted by atomic mass is 15.3. The van der Waals surface area contributed by atoms with Crippen molar-refractivity contribution in [2.24, 2.45) is 0 Å². The molecule has 1 saturated heterocycles. The minimum Gasteiger partial charge on any atom is -0.353 e. The van der Waals surface area contributed by atoms with Crippen LogP contribution in [0, 0.1) is 0 Å². The fraction of sp³-hybridized carbons (Fsp3) is 0.500. The third-order valence-corrected chi connectivity index (χ3v) is 3.94. The Bertz CT molecular complexity index is 596. The zero-order chi connectivity index (χ0) is 15.9. The molecule has 122 valence electrons. The van der Waals surface area contributed by atoms with E-state index in [0.717, 1.165) is 57.2 Å². The zero-order valence-electron chi connectivity index (χ0n) is 13.5. The van der Waals surface area contributed by atoms with Gasteiger partial charge in [-0.2, -0.15) is 10.1 Å². The summed E-state index contributed by atoms with van der Waals surface area (Å²) in [5.74, 6) is 2.54. The predicted molar refractivity (Wildman–Crippen MR) is 91.9 cm³/mol. The second-order valence-electron chi connectivity index (χ2n) is 5.58. The summed E-state index contributed by atoms with van der Waals surface area (Å²) in [5.41, 5.74) is 0. The number of hydrogen-bond acceptors (Lipinski definition) is 7. The Kier molecular flexibility index (Phi) is 5.18. The topological polar surface area (TPSA) is 70.1 Å². The number of nitrogens with zero attached hydrogens (tertiary/aromatic N) is 6. The molecule has 0 aliphatic carbocycles. The Morgan fingerprint density at radius 1 is 1.09 bits per heavy atom. The average Bonchev–Trinajstić information content (AvgIpc) is 2.63. The van der Waals surface area contributed by atoms with Crippen LogP contribution in [0.4, 0.5) is 17.6 Å². The van der Waals surface area contributed by atoms with Crippen LogP contribution >= 0.6 is 0 Å². The van der Waals surface area contributed by atoms with Gasteiger partial charge in [-0.15, -0.1) is 5.10 Å². The lowest BCUT2D eigenvalue weighted by atomic mass is 10.3. The van der Waals surface area contributed by atoms with Crippen LogP contribution in [-0.4, -0.2) is 52.9 Å². The maximum Gasteiger partial charge on any atom is 0.244 e. The molecule has 1 aliphatic rings. The molecule has 2 aromatic heterocycles. The van der Waals surface area contributed by atoms with Crippen molar-refractivity contribution in [2.75, 3.05) is 47.8 Å². The predicted octanol–water partition coefficient (Wildman–Crippen LogP) is 1.81. The van der Waals surface area contributed by atoms with E-state index in [2.05, 4.69) is 48.3 Å². The van der Waals surface area contributed by atoms with Crippen molar-refractivity contribution in [2.45, 2.75) is 19.8 Å². The first kappa shape index (κ1) is 15.5. The molecule has 2 aromatic rings. The van der Waals surface area contributed by atoms with Gasteiger partial charge in [-0.25, -0.2) is 4.98 Å². The molecule has 1 fully saturated rings. The third-order valence-electron chi connectivity index (χ3n) is 3.94. The number of aromatic nitrogens is 4. The summed E-state index contributed by atoms with van der Waals surface area (Å²) in [6.07, 6.45) is 5.83. The first-order chi connectivity index (χ1) is 11.4. The van der Waals surface area contributed by atoms with E-state index in [0.29, 0.717) is 5.95 Å². The largest absolute Gasteiger partial charge is 0.353 e. The highest BCUT2D eigenvalue weighted by molar-refractivity contribution is 5.45. The van der Waals surface area contributed by atoms with Crippen LogP contribution in [0.3, 0.4) is 0 Å². The molecular formula is C16H23N7. The standard InChI is InChI=1S/C16H23N7/c1-2-3-7-18-16-20-15(13-19-21-16)23-11-9-22(10-12-23)14-6-4-5-8-17-14/h4-6,8,13H,2-3,7,9-12H2,1H3,(H,18,20,21). The summed E-state index contributed by atoms with van der Waals surface area (Å²) in [5, 5.41) is 11.4. The molecule has 3 rings (SSSR count). The smallest absolute Gasteiger partial charge is 0.244 e. The minimum atomic E-state index is 0.614. The van der Waals surface area contributed by atoms with Gasteiger partial charge in [0.25, 0.3) is 0 Å². The average molecular weight is 313 g/mol. The minimum absolute atomic E-state index is 0.614. The molecule has 1 aliphatic heterocycles. The lowest BCUT2D eigenvalue weighted by Crippen LogP contribution is -2.47. The van der Waals surface area contributed by atoms with Crippen molar-refractivity contribution in [1.29, 1.82) is 0 Å². The van der Waals surface area contributed by atoms with E-state index in [1.165, 1.54) is 0 Å². The van der Waals surface area contributed by atoms with Gasteiger partial charge >= 0.3 is 0 Å². The molecule has 0 amide bonds. The van der Waals surface area contributed by atoms with Crippen molar-refractivity contribution < 1.29 is 0 Å². The maximum absolute atomic E-state index is 4.57. The van der Waals surface area contributed by atoms with E-state index in [-0.39, 0.29) is 0 Å². The summed E-state index contributed by atoms with van der Waals surface area (Å²) in [6, 6.07) is 6.02. The van der Waals surface area contributed by atoms with Gasteiger partial charge in [0.1, 0.15) is 5.82 Å². The van der Waals surface area contributed by atoms with E-state index in [4.69, 9.17) is 0 Å². The van der Waals surface area contributed by atoms with E-state index < -0.39 is 0 Å². The van der Waals surface area contributed by atoms with Crippen LogP contribution < -0.4 is 15.1 Å². The van der Waals surface area contributed by atoms with E-state index >= 15 is 0 Å². The molecule has 0 unspecified atom stereocenters. The number of anilines is 3. The van der Waals surface area contributed by atoms with Crippen molar-refractivity contribution in [3.63, 3.8) is 0 Å². The van der Waals surface area contributed by atoms with Gasteiger partial charge in [0.05, 0.1) is 6.20 Å². The van der Waals surface area contributed by atoms with E-state index in [1.807, 2.05) is 18.3 Å². The van der Waals surface area contributed by atoms with Crippen LogP contribution in [0.25, 0.3) is 0 Å². The second-order valence-corrected chi connectivity index (χ2v) is 5.58. The van der Waals surface area contributed by atoms with Crippen molar-refractivity contribution in [3.8, 4) is 0 Å². The molecule has 3 heterocycles. The van der Waals surface area contributed by atoms with Gasteiger partial charge in [-0.05, 0) is 18.6 Å². The zero-order valence-corrected chi connectivity index (χ0v) is 13.5. The number of pyridine rings is 1. The lowest BCUT2D eigenvalue weighted by Gasteiger charge is -2.35. The fourth-order valence-electron chi connectivity index (χ4n) is 2.60. The van der Waals surface area contributed by atoms with Gasteiger partial charge in [-0.1, -0.05) is 19.4 Å². The summed E-state index contributed by atoms with van der Waals surface area (Å²) in [6.45, 7) is 6.72. The number of piperazine rings is 1. The lowest BCUT2D eigenvalue weighted by molar-refractivity contribution is 0.639. The molecule has 0 aromatic carbocycles. The molecule has 0 radical (unpaired) electrons. The highest BCUT2D eigenvalue weighted by Gasteiger charge is 2.19. The van der Waals surface area contributed by atoms with Gasteiger partial charge in [0.2, 0.25) is 5.95 Å². The van der Waals surface area contributed by atoms with Gasteiger partial charge in [0.15, 0.2) is 5.82 Å². The number of unbranched alkanes of at least 4 members (excludes halogenated alkanes) is 1. The van der Waals surface area contributed by atoms with Crippen LogP contribution in [-0.2, 0) is 0 Å². The maximum atomic E-state index is 4.57. The molecule has 7 nitrogen and oxygen atoms in total.